The van der Waals surface area contributed by atoms with Gasteiger partial charge in [0.15, 0.2) is 5.84 Å². The van der Waals surface area contributed by atoms with Crippen molar-refractivity contribution in [2.75, 3.05) is 24.3 Å². The Bertz CT molecular complexity index is 944. The standard InChI is InChI=1S/C20H22N6/c1-26(2)19-12-9-15(17-5-3-4-6-18(17)19)13-23-16-10-7-14(8-11-16)20(21)24-25-22/h3-12,23H,13H2,1-2H3,(H3,21,22,24). The molecule has 3 aromatic rings. The predicted molar refractivity (Wildman–Crippen MR) is 108 cm³/mol. The van der Waals surface area contributed by atoms with Gasteiger partial charge >= 0.3 is 0 Å². The Morgan fingerprint density at radius 3 is 2.35 bits per heavy atom. The molecule has 0 aliphatic carbocycles. The summed E-state index contributed by atoms with van der Waals surface area (Å²) >= 11 is 0. The lowest BCUT2D eigenvalue weighted by Crippen LogP contribution is -2.12. The highest BCUT2D eigenvalue weighted by atomic mass is 15.3. The molecule has 0 fully saturated rings. The number of hydrogen-bond donors (Lipinski definition) is 3. The normalized spacial score (nSPS) is 11.4. The molecule has 132 valence electrons. The van der Waals surface area contributed by atoms with Crippen LogP contribution in [0.5, 0.6) is 0 Å². The summed E-state index contributed by atoms with van der Waals surface area (Å²) in [6.45, 7) is 0.721. The molecule has 0 bridgehead atoms. The van der Waals surface area contributed by atoms with Gasteiger partial charge in [-0.25, -0.2) is 0 Å². The molecule has 0 atom stereocenters. The molecule has 0 radical (unpaired) electrons. The minimum absolute atomic E-state index is 0.233. The van der Waals surface area contributed by atoms with E-state index in [0.717, 1.165) is 17.8 Å². The Morgan fingerprint density at radius 2 is 1.69 bits per heavy atom. The van der Waals surface area contributed by atoms with Crippen LogP contribution in [0.25, 0.3) is 10.8 Å². The summed E-state index contributed by atoms with van der Waals surface area (Å²) in [5, 5.41) is 12.4. The van der Waals surface area contributed by atoms with Gasteiger partial charge in [-0.15, -0.1) is 5.10 Å². The van der Waals surface area contributed by atoms with Gasteiger partial charge in [0.25, 0.3) is 0 Å². The molecule has 4 N–H and O–H groups in total. The lowest BCUT2D eigenvalue weighted by molar-refractivity contribution is 0.986. The summed E-state index contributed by atoms with van der Waals surface area (Å²) in [7, 11) is 4.12. The highest BCUT2D eigenvalue weighted by Gasteiger charge is 2.07. The Hall–Kier alpha value is -3.41. The third-order valence-corrected chi connectivity index (χ3v) is 4.29. The van der Waals surface area contributed by atoms with Crippen LogP contribution in [0, 0.1) is 5.53 Å². The topological polar surface area (TPSA) is 89.9 Å². The van der Waals surface area contributed by atoms with Crippen molar-refractivity contribution < 1.29 is 0 Å². The maximum absolute atomic E-state index is 6.74. The number of hydrogen-bond acceptors (Lipinski definition) is 4. The molecule has 0 aliphatic rings. The van der Waals surface area contributed by atoms with Gasteiger partial charge in [0.2, 0.25) is 0 Å². The average molecular weight is 346 g/mol. The van der Waals surface area contributed by atoms with E-state index in [1.54, 1.807) is 0 Å². The quantitative estimate of drug-likeness (QED) is 0.271. The second kappa shape index (κ2) is 7.65. The SMILES string of the molecule is CN(C)c1ccc(CNc2ccc(C(N)=NN=N)cc2)c2ccccc12. The Labute approximate surface area is 152 Å². The van der Waals surface area contributed by atoms with E-state index in [1.807, 2.05) is 24.3 Å². The Kier molecular flexibility index (Phi) is 5.12. The van der Waals surface area contributed by atoms with Gasteiger partial charge in [0.1, 0.15) is 0 Å². The first-order chi connectivity index (χ1) is 12.6. The minimum Gasteiger partial charge on any atom is -0.382 e. The van der Waals surface area contributed by atoms with Crippen LogP contribution in [0.3, 0.4) is 0 Å². The zero-order valence-corrected chi connectivity index (χ0v) is 14.9. The molecule has 0 saturated heterocycles. The molecule has 0 unspecified atom stereocenters. The zero-order valence-electron chi connectivity index (χ0n) is 14.9. The number of amidine groups is 1. The average Bonchev–Trinajstić information content (AvgIpc) is 2.66. The number of rotatable bonds is 6. The van der Waals surface area contributed by atoms with Gasteiger partial charge in [0, 0.05) is 43.0 Å². The Morgan fingerprint density at radius 1 is 1.00 bits per heavy atom. The van der Waals surface area contributed by atoms with Crippen molar-refractivity contribution >= 4 is 28.0 Å². The third kappa shape index (κ3) is 3.64. The van der Waals surface area contributed by atoms with Crippen LogP contribution in [0.4, 0.5) is 11.4 Å². The van der Waals surface area contributed by atoms with E-state index in [2.05, 4.69) is 71.0 Å². The van der Waals surface area contributed by atoms with Crippen LogP contribution in [0.1, 0.15) is 11.1 Å². The number of nitrogens with two attached hydrogens (primary N) is 1. The van der Waals surface area contributed by atoms with E-state index in [9.17, 15) is 0 Å². The van der Waals surface area contributed by atoms with Crippen molar-refractivity contribution in [3.8, 4) is 0 Å². The molecule has 0 aromatic heterocycles. The predicted octanol–water partition coefficient (Wildman–Crippen LogP) is 4.17. The fourth-order valence-corrected chi connectivity index (χ4v) is 2.96. The van der Waals surface area contributed by atoms with Crippen molar-refractivity contribution in [2.24, 2.45) is 16.1 Å². The van der Waals surface area contributed by atoms with Crippen molar-refractivity contribution in [3.63, 3.8) is 0 Å². The molecule has 6 nitrogen and oxygen atoms in total. The van der Waals surface area contributed by atoms with Crippen molar-refractivity contribution in [2.45, 2.75) is 6.54 Å². The van der Waals surface area contributed by atoms with Gasteiger partial charge < -0.3 is 16.0 Å². The van der Waals surface area contributed by atoms with Crippen LogP contribution in [-0.2, 0) is 6.54 Å². The number of nitrogens with zero attached hydrogens (tertiary/aromatic N) is 3. The molecule has 26 heavy (non-hydrogen) atoms. The largest absolute Gasteiger partial charge is 0.382 e. The van der Waals surface area contributed by atoms with Crippen LogP contribution >= 0.6 is 0 Å². The monoisotopic (exact) mass is 346 g/mol. The Balaban J connectivity index is 1.81. The van der Waals surface area contributed by atoms with Crippen LogP contribution in [-0.4, -0.2) is 19.9 Å². The molecule has 6 heteroatoms. The second-order valence-electron chi connectivity index (χ2n) is 6.20. The van der Waals surface area contributed by atoms with Gasteiger partial charge in [0.05, 0.1) is 0 Å². The minimum atomic E-state index is 0.233. The van der Waals surface area contributed by atoms with Crippen LogP contribution < -0.4 is 16.0 Å². The zero-order chi connectivity index (χ0) is 18.5. The smallest absolute Gasteiger partial charge is 0.155 e. The summed E-state index contributed by atoms with van der Waals surface area (Å²) in [6.07, 6.45) is 0. The fourth-order valence-electron chi connectivity index (χ4n) is 2.96. The lowest BCUT2D eigenvalue weighted by atomic mass is 10.0. The summed E-state index contributed by atoms with van der Waals surface area (Å²) < 4.78 is 0. The highest BCUT2D eigenvalue weighted by molar-refractivity contribution is 5.98. The van der Waals surface area contributed by atoms with Crippen molar-refractivity contribution in [1.29, 1.82) is 5.53 Å². The molecule has 0 heterocycles. The maximum atomic E-state index is 6.74. The third-order valence-electron chi connectivity index (χ3n) is 4.29. The molecule has 0 amide bonds. The van der Waals surface area contributed by atoms with Gasteiger partial charge in [-0.1, -0.05) is 35.6 Å². The van der Waals surface area contributed by atoms with Gasteiger partial charge in [-0.2, -0.15) is 5.53 Å². The summed E-state index contributed by atoms with van der Waals surface area (Å²) in [6, 6.07) is 20.4. The first-order valence-electron chi connectivity index (χ1n) is 8.32. The maximum Gasteiger partial charge on any atom is 0.155 e. The number of fused-ring (bicyclic) bond motifs is 1. The molecular formula is C20H22N6. The van der Waals surface area contributed by atoms with E-state index in [-0.39, 0.29) is 5.84 Å². The highest BCUT2D eigenvalue weighted by Crippen LogP contribution is 2.28. The van der Waals surface area contributed by atoms with Crippen LogP contribution in [0.15, 0.2) is 71.0 Å². The number of nitrogens with one attached hydrogen (secondary N) is 2. The van der Waals surface area contributed by atoms with Crippen molar-refractivity contribution in [1.82, 2.24) is 0 Å². The summed E-state index contributed by atoms with van der Waals surface area (Å²) in [4.78, 5) is 2.13. The molecule has 0 spiro atoms. The van der Waals surface area contributed by atoms with E-state index in [1.165, 1.54) is 22.0 Å². The van der Waals surface area contributed by atoms with Gasteiger partial charge in [-0.3, -0.25) is 0 Å². The fraction of sp³-hybridized carbons (Fsp3) is 0.150. The summed E-state index contributed by atoms with van der Waals surface area (Å²) in [5.41, 5.74) is 16.7. The first-order valence-corrected chi connectivity index (χ1v) is 8.32. The molecular weight excluding hydrogens is 324 g/mol. The van der Waals surface area contributed by atoms with E-state index < -0.39 is 0 Å². The van der Waals surface area contributed by atoms with E-state index in [0.29, 0.717) is 0 Å². The van der Waals surface area contributed by atoms with Crippen LogP contribution in [0.2, 0.25) is 0 Å². The van der Waals surface area contributed by atoms with Gasteiger partial charge in [-0.05, 0) is 41.3 Å². The molecule has 3 rings (SSSR count). The van der Waals surface area contributed by atoms with E-state index >= 15 is 0 Å². The van der Waals surface area contributed by atoms with Crippen molar-refractivity contribution in [3.05, 3.63) is 71.8 Å². The molecule has 3 aromatic carbocycles. The summed E-state index contributed by atoms with van der Waals surface area (Å²) in [5.74, 6) is 0.233. The molecule has 0 aliphatic heterocycles. The number of anilines is 2. The number of benzene rings is 3. The lowest BCUT2D eigenvalue weighted by Gasteiger charge is -2.18. The second-order valence-corrected chi connectivity index (χ2v) is 6.20. The molecule has 0 saturated carbocycles. The first kappa shape index (κ1) is 17.4. The van der Waals surface area contributed by atoms with E-state index in [4.69, 9.17) is 11.3 Å².